The first-order valence-corrected chi connectivity index (χ1v) is 11.2. The van der Waals surface area contributed by atoms with Crippen molar-refractivity contribution in [2.45, 2.75) is 38.6 Å². The number of para-hydroxylation sites is 1. The predicted molar refractivity (Wildman–Crippen MR) is 120 cm³/mol. The van der Waals surface area contributed by atoms with Crippen LogP contribution in [0.1, 0.15) is 65.1 Å². The van der Waals surface area contributed by atoms with E-state index >= 15 is 0 Å². The average molecular weight is 434 g/mol. The number of aromatic nitrogens is 3. The van der Waals surface area contributed by atoms with Crippen molar-refractivity contribution in [3.05, 3.63) is 53.3 Å². The molecule has 1 aromatic carbocycles. The van der Waals surface area contributed by atoms with Crippen molar-refractivity contribution in [2.75, 3.05) is 26.2 Å². The molecule has 1 aliphatic heterocycles. The number of pyridine rings is 1. The molecule has 2 aliphatic rings. The molecule has 1 aliphatic carbocycles. The maximum Gasteiger partial charge on any atom is 0.257 e. The summed E-state index contributed by atoms with van der Waals surface area (Å²) < 4.78 is 1.88. The quantitative estimate of drug-likeness (QED) is 0.682. The summed E-state index contributed by atoms with van der Waals surface area (Å²) in [5, 5.41) is 15.3. The Balaban J connectivity index is 1.37. The van der Waals surface area contributed by atoms with E-state index in [0.29, 0.717) is 43.2 Å². The molecule has 1 saturated carbocycles. The van der Waals surface area contributed by atoms with Crippen LogP contribution in [0.3, 0.4) is 0 Å². The lowest BCUT2D eigenvalue weighted by molar-refractivity contribution is 0.0534. The lowest BCUT2D eigenvalue weighted by atomic mass is 10.1. The third-order valence-corrected chi connectivity index (χ3v) is 6.29. The normalized spacial score (nSPS) is 16.7. The number of hydrogen-bond donors (Lipinski definition) is 1. The Hall–Kier alpha value is -3.42. The number of hydrogen-bond acceptors (Lipinski definition) is 5. The van der Waals surface area contributed by atoms with Gasteiger partial charge in [-0.1, -0.05) is 12.1 Å². The minimum Gasteiger partial charge on any atom is -0.507 e. The van der Waals surface area contributed by atoms with Gasteiger partial charge >= 0.3 is 0 Å². The number of phenols is 1. The van der Waals surface area contributed by atoms with Gasteiger partial charge in [0.25, 0.3) is 11.8 Å². The molecule has 2 aromatic heterocycles. The van der Waals surface area contributed by atoms with Crippen LogP contribution in [0.4, 0.5) is 0 Å². The predicted octanol–water partition coefficient (Wildman–Crippen LogP) is 3.19. The SMILES string of the molecule is CC(C)n1ncc2c(C(=O)N3CCN(C(=O)c4ccccc4O)CC3)cc(C3CC3)nc21. The summed E-state index contributed by atoms with van der Waals surface area (Å²) in [5.74, 6) is 0.146. The monoisotopic (exact) mass is 433 g/mol. The molecule has 0 bridgehead atoms. The Labute approximate surface area is 186 Å². The van der Waals surface area contributed by atoms with Crippen molar-refractivity contribution in [3.63, 3.8) is 0 Å². The van der Waals surface area contributed by atoms with Gasteiger partial charge in [0, 0.05) is 43.8 Å². The largest absolute Gasteiger partial charge is 0.507 e. The summed E-state index contributed by atoms with van der Waals surface area (Å²) in [6, 6.07) is 8.65. The van der Waals surface area contributed by atoms with Crippen molar-refractivity contribution >= 4 is 22.8 Å². The molecule has 0 radical (unpaired) electrons. The molecule has 8 heteroatoms. The van der Waals surface area contributed by atoms with E-state index in [1.807, 2.05) is 10.7 Å². The number of carbonyl (C=O) groups excluding carboxylic acids is 2. The minimum absolute atomic E-state index is 0.0232. The maximum absolute atomic E-state index is 13.5. The second-order valence-electron chi connectivity index (χ2n) is 8.89. The smallest absolute Gasteiger partial charge is 0.257 e. The molecule has 8 nitrogen and oxygen atoms in total. The highest BCUT2D eigenvalue weighted by Gasteiger charge is 2.31. The second kappa shape index (κ2) is 7.93. The van der Waals surface area contributed by atoms with Crippen molar-refractivity contribution in [1.29, 1.82) is 0 Å². The molecule has 0 atom stereocenters. The molecule has 3 heterocycles. The fourth-order valence-electron chi connectivity index (χ4n) is 4.29. The van der Waals surface area contributed by atoms with E-state index in [0.717, 1.165) is 29.6 Å². The average Bonchev–Trinajstić information content (AvgIpc) is 3.56. The van der Waals surface area contributed by atoms with Crippen LogP contribution < -0.4 is 0 Å². The number of fused-ring (bicyclic) bond motifs is 1. The molecule has 5 rings (SSSR count). The van der Waals surface area contributed by atoms with Crippen molar-refractivity contribution in [1.82, 2.24) is 24.6 Å². The number of nitrogens with zero attached hydrogens (tertiary/aromatic N) is 5. The number of piperazine rings is 1. The Morgan fingerprint density at radius 3 is 2.22 bits per heavy atom. The maximum atomic E-state index is 13.5. The van der Waals surface area contributed by atoms with E-state index in [1.54, 1.807) is 34.2 Å². The van der Waals surface area contributed by atoms with Crippen LogP contribution in [0.25, 0.3) is 11.0 Å². The summed E-state index contributed by atoms with van der Waals surface area (Å²) in [4.78, 5) is 34.6. The number of benzene rings is 1. The van der Waals surface area contributed by atoms with Crippen LogP contribution in [0.2, 0.25) is 0 Å². The van der Waals surface area contributed by atoms with Crippen molar-refractivity contribution in [3.8, 4) is 5.75 Å². The van der Waals surface area contributed by atoms with Gasteiger partial charge in [-0.2, -0.15) is 5.10 Å². The van der Waals surface area contributed by atoms with E-state index in [-0.39, 0.29) is 23.6 Å². The summed E-state index contributed by atoms with van der Waals surface area (Å²) in [6.45, 7) is 5.85. The number of phenolic OH excluding ortho intramolecular Hbond substituents is 1. The van der Waals surface area contributed by atoms with E-state index in [2.05, 4.69) is 18.9 Å². The molecule has 1 N–H and O–H groups in total. The molecular weight excluding hydrogens is 406 g/mol. The van der Waals surface area contributed by atoms with Gasteiger partial charge in [-0.05, 0) is 44.9 Å². The van der Waals surface area contributed by atoms with Crippen LogP contribution in [0, 0.1) is 0 Å². The second-order valence-corrected chi connectivity index (χ2v) is 8.89. The first-order chi connectivity index (χ1) is 15.4. The third-order valence-electron chi connectivity index (χ3n) is 6.29. The zero-order chi connectivity index (χ0) is 22.4. The molecular formula is C24H27N5O3. The molecule has 3 aromatic rings. The first kappa shape index (κ1) is 20.5. The van der Waals surface area contributed by atoms with Crippen LogP contribution in [0.5, 0.6) is 5.75 Å². The van der Waals surface area contributed by atoms with Gasteiger partial charge in [-0.25, -0.2) is 9.67 Å². The third kappa shape index (κ3) is 3.59. The molecule has 0 unspecified atom stereocenters. The van der Waals surface area contributed by atoms with Gasteiger partial charge in [0.05, 0.1) is 22.7 Å². The summed E-state index contributed by atoms with van der Waals surface area (Å²) in [5.41, 5.74) is 2.67. The highest BCUT2D eigenvalue weighted by molar-refractivity contribution is 6.05. The lowest BCUT2D eigenvalue weighted by Gasteiger charge is -2.35. The summed E-state index contributed by atoms with van der Waals surface area (Å²) in [6.07, 6.45) is 3.95. The zero-order valence-electron chi connectivity index (χ0n) is 18.4. The fraction of sp³-hybridized carbons (Fsp3) is 0.417. The van der Waals surface area contributed by atoms with E-state index in [1.165, 1.54) is 6.07 Å². The molecule has 2 amide bonds. The standard InChI is InChI=1S/C24H27N5O3/c1-15(2)29-22-19(14-25-29)18(13-20(26-22)16-7-8-16)24(32)28-11-9-27(10-12-28)23(31)17-5-3-4-6-21(17)30/h3-6,13-16,30H,7-12H2,1-2H3. The Morgan fingerprint density at radius 1 is 1.00 bits per heavy atom. The van der Waals surface area contributed by atoms with Gasteiger partial charge in [0.1, 0.15) is 5.75 Å². The first-order valence-electron chi connectivity index (χ1n) is 11.2. The van der Waals surface area contributed by atoms with E-state index in [9.17, 15) is 14.7 Å². The Bertz CT molecular complexity index is 1190. The number of aromatic hydroxyl groups is 1. The molecule has 2 fully saturated rings. The Morgan fingerprint density at radius 2 is 1.62 bits per heavy atom. The van der Waals surface area contributed by atoms with Crippen LogP contribution in [-0.2, 0) is 0 Å². The highest BCUT2D eigenvalue weighted by Crippen LogP contribution is 2.40. The van der Waals surface area contributed by atoms with Gasteiger partial charge in [0.2, 0.25) is 0 Å². The highest BCUT2D eigenvalue weighted by atomic mass is 16.3. The van der Waals surface area contributed by atoms with Crippen molar-refractivity contribution < 1.29 is 14.7 Å². The van der Waals surface area contributed by atoms with Crippen LogP contribution in [0.15, 0.2) is 36.5 Å². The van der Waals surface area contributed by atoms with Gasteiger partial charge in [-0.15, -0.1) is 0 Å². The molecule has 0 spiro atoms. The number of carbonyl (C=O) groups is 2. The Kier molecular flexibility index (Phi) is 5.07. The van der Waals surface area contributed by atoms with Gasteiger partial charge in [0.15, 0.2) is 5.65 Å². The van der Waals surface area contributed by atoms with Gasteiger partial charge < -0.3 is 14.9 Å². The molecule has 166 valence electrons. The summed E-state index contributed by atoms with van der Waals surface area (Å²) >= 11 is 0. The summed E-state index contributed by atoms with van der Waals surface area (Å²) in [7, 11) is 0. The molecule has 32 heavy (non-hydrogen) atoms. The number of amides is 2. The van der Waals surface area contributed by atoms with E-state index < -0.39 is 0 Å². The lowest BCUT2D eigenvalue weighted by Crippen LogP contribution is -2.50. The fourth-order valence-corrected chi connectivity index (χ4v) is 4.29. The minimum atomic E-state index is -0.212. The van der Waals surface area contributed by atoms with E-state index in [4.69, 9.17) is 4.98 Å². The number of rotatable bonds is 4. The molecule has 1 saturated heterocycles. The topological polar surface area (TPSA) is 91.6 Å². The zero-order valence-corrected chi connectivity index (χ0v) is 18.4. The van der Waals surface area contributed by atoms with Gasteiger partial charge in [-0.3, -0.25) is 9.59 Å². The van der Waals surface area contributed by atoms with Crippen LogP contribution >= 0.6 is 0 Å². The van der Waals surface area contributed by atoms with Crippen molar-refractivity contribution in [2.24, 2.45) is 0 Å². The van der Waals surface area contributed by atoms with Crippen LogP contribution in [-0.4, -0.2) is 67.7 Å².